The summed E-state index contributed by atoms with van der Waals surface area (Å²) in [5, 5.41) is 14.9. The third kappa shape index (κ3) is 3.76. The average Bonchev–Trinajstić information content (AvgIpc) is 2.78. The molecule has 2 heterocycles. The van der Waals surface area contributed by atoms with Gasteiger partial charge in [0, 0.05) is 17.5 Å². The van der Waals surface area contributed by atoms with Crippen LogP contribution in [0.4, 0.5) is 14.5 Å². The van der Waals surface area contributed by atoms with Crippen molar-refractivity contribution in [3.05, 3.63) is 53.6 Å². The highest BCUT2D eigenvalue weighted by Crippen LogP contribution is 2.47. The largest absolute Gasteiger partial charge is 0.486 e. The first-order valence-corrected chi connectivity index (χ1v) is 10.9. The summed E-state index contributed by atoms with van der Waals surface area (Å²) in [5.74, 6) is -3.67. The van der Waals surface area contributed by atoms with Crippen LogP contribution >= 0.6 is 12.2 Å². The van der Waals surface area contributed by atoms with Crippen LogP contribution in [0.2, 0.25) is 0 Å². The van der Waals surface area contributed by atoms with E-state index in [2.05, 4.69) is 5.32 Å². The molecule has 0 aliphatic carbocycles. The monoisotopic (exact) mass is 478 g/mol. The molecule has 2 aliphatic rings. The van der Waals surface area contributed by atoms with Crippen LogP contribution in [0.5, 0.6) is 11.5 Å². The Morgan fingerprint density at radius 2 is 1.85 bits per heavy atom. The lowest BCUT2D eigenvalue weighted by molar-refractivity contribution is -0.163. The normalized spacial score (nSPS) is 24.5. The first kappa shape index (κ1) is 23.2. The number of anilines is 1. The predicted molar refractivity (Wildman–Crippen MR) is 120 cm³/mol. The molecule has 1 saturated heterocycles. The lowest BCUT2D eigenvalue weighted by Gasteiger charge is -2.53. The Kier molecular flexibility index (Phi) is 6.15. The van der Waals surface area contributed by atoms with E-state index in [-0.39, 0.29) is 5.11 Å². The van der Waals surface area contributed by atoms with E-state index in [0.717, 1.165) is 19.2 Å². The average molecular weight is 479 g/mol. The number of aliphatic hydroxyl groups is 1. The number of esters is 1. The maximum Gasteiger partial charge on any atom is 0.316 e. The van der Waals surface area contributed by atoms with Crippen LogP contribution in [0.25, 0.3) is 0 Å². The van der Waals surface area contributed by atoms with Crippen LogP contribution < -0.4 is 19.7 Å². The van der Waals surface area contributed by atoms with Crippen molar-refractivity contribution in [2.45, 2.75) is 25.6 Å². The number of carbonyl (C=O) groups excluding carboxylic acids is 1. The molecule has 0 aromatic heterocycles. The summed E-state index contributed by atoms with van der Waals surface area (Å²) < 4.78 is 45.7. The molecule has 0 unspecified atom stereocenters. The summed E-state index contributed by atoms with van der Waals surface area (Å²) in [6.07, 6.45) is 0. The molecule has 2 N–H and O–H groups in total. The highest BCUT2D eigenvalue weighted by Gasteiger charge is 2.59. The van der Waals surface area contributed by atoms with Gasteiger partial charge < -0.3 is 24.6 Å². The zero-order valence-electron chi connectivity index (χ0n) is 18.3. The molecule has 0 bridgehead atoms. The molecule has 0 spiro atoms. The van der Waals surface area contributed by atoms with E-state index in [9.17, 15) is 18.7 Å². The van der Waals surface area contributed by atoms with Gasteiger partial charge in [0.05, 0.1) is 18.8 Å². The van der Waals surface area contributed by atoms with Crippen molar-refractivity contribution in [3.8, 4) is 11.5 Å². The van der Waals surface area contributed by atoms with Gasteiger partial charge in [-0.2, -0.15) is 0 Å². The number of hydrogen-bond acceptors (Lipinski definition) is 6. The topological polar surface area (TPSA) is 80.3 Å². The Labute approximate surface area is 195 Å². The molecule has 10 heteroatoms. The summed E-state index contributed by atoms with van der Waals surface area (Å²) >= 11 is 5.56. The fourth-order valence-corrected chi connectivity index (χ4v) is 4.80. The minimum absolute atomic E-state index is 0.0179. The number of rotatable bonds is 4. The first-order valence-electron chi connectivity index (χ1n) is 10.4. The molecule has 2 aromatic rings. The predicted octanol–water partition coefficient (Wildman–Crippen LogP) is 3.31. The third-order valence-electron chi connectivity index (χ3n) is 6.03. The van der Waals surface area contributed by atoms with Gasteiger partial charge in [-0.05, 0) is 36.5 Å². The van der Waals surface area contributed by atoms with E-state index in [0.29, 0.717) is 30.4 Å². The van der Waals surface area contributed by atoms with E-state index >= 15 is 0 Å². The molecule has 2 aromatic carbocycles. The smallest absolute Gasteiger partial charge is 0.316 e. The quantitative estimate of drug-likeness (QED) is 0.512. The van der Waals surface area contributed by atoms with Gasteiger partial charge in [0.2, 0.25) is 0 Å². The molecule has 0 saturated carbocycles. The SMILES string of the molecule is COC(=O)[C@@H]1[C@H](c2c(F)cccc2F)NC(=S)N(c2ccc3c(c2)OCCO3)[C@]1(O)C(C)C. The number of fused-ring (bicyclic) bond motifs is 1. The number of benzene rings is 2. The molecule has 4 rings (SSSR count). The number of hydrogen-bond donors (Lipinski definition) is 2. The number of halogens is 2. The van der Waals surface area contributed by atoms with Crippen molar-refractivity contribution in [2.24, 2.45) is 11.8 Å². The zero-order chi connectivity index (χ0) is 23.9. The minimum atomic E-state index is -2.00. The van der Waals surface area contributed by atoms with Crippen molar-refractivity contribution in [1.29, 1.82) is 0 Å². The van der Waals surface area contributed by atoms with Crippen molar-refractivity contribution < 1.29 is 32.9 Å². The Bertz CT molecular complexity index is 1080. The molecule has 0 amide bonds. The van der Waals surface area contributed by atoms with Crippen molar-refractivity contribution >= 4 is 29.0 Å². The number of thiocarbonyl (C=S) groups is 1. The highest BCUT2D eigenvalue weighted by atomic mass is 32.1. The second-order valence-electron chi connectivity index (χ2n) is 8.16. The summed E-state index contributed by atoms with van der Waals surface area (Å²) in [6.45, 7) is 4.13. The second kappa shape index (κ2) is 8.75. The minimum Gasteiger partial charge on any atom is -0.486 e. The van der Waals surface area contributed by atoms with E-state index < -0.39 is 46.8 Å². The Morgan fingerprint density at radius 3 is 2.45 bits per heavy atom. The van der Waals surface area contributed by atoms with Gasteiger partial charge in [-0.25, -0.2) is 8.78 Å². The van der Waals surface area contributed by atoms with Gasteiger partial charge >= 0.3 is 5.97 Å². The molecule has 1 fully saturated rings. The Balaban J connectivity index is 1.89. The maximum absolute atomic E-state index is 14.8. The molecule has 2 aliphatic heterocycles. The zero-order valence-corrected chi connectivity index (χ0v) is 19.1. The standard InChI is InChI=1S/C23H24F2N2O5S/c1-12(2)23(29)19(21(28)30-3)20(18-14(24)5-4-6-15(18)25)26-22(33)27(23)13-7-8-16-17(11-13)32-10-9-31-16/h4-8,11-12,19-20,29H,9-10H2,1-3H3,(H,26,33)/t19-,20-,23-/m0/s1. The van der Waals surface area contributed by atoms with Crippen molar-refractivity contribution in [3.63, 3.8) is 0 Å². The maximum atomic E-state index is 14.8. The van der Waals surface area contributed by atoms with Crippen LogP contribution in [0.3, 0.4) is 0 Å². The van der Waals surface area contributed by atoms with Crippen LogP contribution in [0, 0.1) is 23.5 Å². The summed E-state index contributed by atoms with van der Waals surface area (Å²) in [6, 6.07) is 7.04. The van der Waals surface area contributed by atoms with Gasteiger partial charge in [0.1, 0.15) is 30.8 Å². The number of nitrogens with zero attached hydrogens (tertiary/aromatic N) is 1. The molecule has 3 atom stereocenters. The van der Waals surface area contributed by atoms with E-state index in [1.807, 2.05) is 0 Å². The van der Waals surface area contributed by atoms with Crippen LogP contribution in [0.15, 0.2) is 36.4 Å². The van der Waals surface area contributed by atoms with Gasteiger partial charge in [0.15, 0.2) is 22.3 Å². The summed E-state index contributed by atoms with van der Waals surface area (Å²) in [5.41, 5.74) is -2.00. The summed E-state index contributed by atoms with van der Waals surface area (Å²) in [4.78, 5) is 14.4. The van der Waals surface area contributed by atoms with Crippen molar-refractivity contribution in [2.75, 3.05) is 25.2 Å². The summed E-state index contributed by atoms with van der Waals surface area (Å²) in [7, 11) is 1.15. The second-order valence-corrected chi connectivity index (χ2v) is 8.55. The lowest BCUT2D eigenvalue weighted by Crippen LogP contribution is -2.71. The molecule has 176 valence electrons. The van der Waals surface area contributed by atoms with E-state index in [4.69, 9.17) is 26.4 Å². The van der Waals surface area contributed by atoms with E-state index in [1.54, 1.807) is 32.0 Å². The highest BCUT2D eigenvalue weighted by molar-refractivity contribution is 7.80. The van der Waals surface area contributed by atoms with Crippen LogP contribution in [0.1, 0.15) is 25.5 Å². The first-order chi connectivity index (χ1) is 15.7. The van der Waals surface area contributed by atoms with Gasteiger partial charge in [0.25, 0.3) is 0 Å². The van der Waals surface area contributed by atoms with E-state index in [1.165, 1.54) is 11.0 Å². The third-order valence-corrected chi connectivity index (χ3v) is 6.33. The molecule has 0 radical (unpaired) electrons. The fraction of sp³-hybridized carbons (Fsp3) is 0.391. The molecule has 7 nitrogen and oxygen atoms in total. The van der Waals surface area contributed by atoms with Gasteiger partial charge in [-0.15, -0.1) is 0 Å². The van der Waals surface area contributed by atoms with Gasteiger partial charge in [-0.3, -0.25) is 9.69 Å². The molecular weight excluding hydrogens is 454 g/mol. The number of ether oxygens (including phenoxy) is 3. The Hall–Kier alpha value is -2.98. The van der Waals surface area contributed by atoms with Crippen molar-refractivity contribution in [1.82, 2.24) is 5.32 Å². The molecule has 33 heavy (non-hydrogen) atoms. The van der Waals surface area contributed by atoms with Crippen LogP contribution in [-0.4, -0.2) is 42.2 Å². The van der Waals surface area contributed by atoms with Gasteiger partial charge in [-0.1, -0.05) is 19.9 Å². The van der Waals surface area contributed by atoms with Crippen LogP contribution in [-0.2, 0) is 9.53 Å². The number of nitrogens with one attached hydrogen (secondary N) is 1. The number of methoxy groups -OCH3 is 1. The lowest BCUT2D eigenvalue weighted by atomic mass is 9.75. The molecular formula is C23H24F2N2O5S. The Morgan fingerprint density at radius 1 is 1.21 bits per heavy atom. The fourth-order valence-electron chi connectivity index (χ4n) is 4.42. The number of carbonyl (C=O) groups is 1.